The largest absolute Gasteiger partial charge is 0.462 e. The standard InChI is InChI=1S/C9H8BrClO2S/c1-2-13-9(12)7-5-6(14-11)3-4-8(7)10/h3-5H,2H2,1H3. The van der Waals surface area contributed by atoms with Gasteiger partial charge in [-0.25, -0.2) is 4.79 Å². The van der Waals surface area contributed by atoms with Crippen molar-refractivity contribution in [2.24, 2.45) is 0 Å². The number of carbonyl (C=O) groups is 1. The third kappa shape index (κ3) is 2.90. The second-order valence-corrected chi connectivity index (χ2v) is 4.38. The summed E-state index contributed by atoms with van der Waals surface area (Å²) >= 11 is 3.28. The second kappa shape index (κ2) is 5.63. The lowest BCUT2D eigenvalue weighted by molar-refractivity contribution is 0.0525. The van der Waals surface area contributed by atoms with Crippen LogP contribution in [-0.2, 0) is 4.74 Å². The summed E-state index contributed by atoms with van der Waals surface area (Å²) in [6.07, 6.45) is 0. The maximum atomic E-state index is 11.4. The van der Waals surface area contributed by atoms with E-state index >= 15 is 0 Å². The second-order valence-electron chi connectivity index (χ2n) is 2.44. The minimum Gasteiger partial charge on any atom is -0.462 e. The predicted molar refractivity (Wildman–Crippen MR) is 61.8 cm³/mol. The van der Waals surface area contributed by atoms with Crippen LogP contribution in [0.15, 0.2) is 27.6 Å². The average Bonchev–Trinajstić information content (AvgIpc) is 2.19. The first-order chi connectivity index (χ1) is 6.69. The summed E-state index contributed by atoms with van der Waals surface area (Å²) < 4.78 is 5.60. The number of carbonyl (C=O) groups excluding carboxylic acids is 1. The molecule has 0 saturated carbocycles. The highest BCUT2D eigenvalue weighted by atomic mass is 79.9. The molecule has 0 fully saturated rings. The Morgan fingerprint density at radius 3 is 2.93 bits per heavy atom. The van der Waals surface area contributed by atoms with Gasteiger partial charge in [-0.05, 0) is 62.7 Å². The number of hydrogen-bond donors (Lipinski definition) is 0. The summed E-state index contributed by atoms with van der Waals surface area (Å²) in [5, 5.41) is 0. The van der Waals surface area contributed by atoms with Crippen molar-refractivity contribution in [3.8, 4) is 0 Å². The zero-order valence-corrected chi connectivity index (χ0v) is 10.6. The molecule has 0 bridgehead atoms. The molecule has 1 aromatic carbocycles. The van der Waals surface area contributed by atoms with E-state index < -0.39 is 0 Å². The van der Waals surface area contributed by atoms with Gasteiger partial charge < -0.3 is 4.74 Å². The Morgan fingerprint density at radius 2 is 2.36 bits per heavy atom. The molecule has 0 N–H and O–H groups in total. The summed E-state index contributed by atoms with van der Waals surface area (Å²) in [4.78, 5) is 12.2. The number of rotatable bonds is 3. The quantitative estimate of drug-likeness (QED) is 0.792. The van der Waals surface area contributed by atoms with Gasteiger partial charge in [0.1, 0.15) is 0 Å². The van der Waals surface area contributed by atoms with Crippen molar-refractivity contribution >= 4 is 43.6 Å². The van der Waals surface area contributed by atoms with Gasteiger partial charge in [0.25, 0.3) is 0 Å². The molecule has 0 aliphatic rings. The molecule has 0 aromatic heterocycles. The van der Waals surface area contributed by atoms with E-state index in [0.717, 1.165) is 15.9 Å². The Kier molecular flexibility index (Phi) is 4.78. The molecule has 14 heavy (non-hydrogen) atoms. The maximum Gasteiger partial charge on any atom is 0.339 e. The molecule has 5 heteroatoms. The van der Waals surface area contributed by atoms with E-state index in [4.69, 9.17) is 15.4 Å². The average molecular weight is 296 g/mol. The Morgan fingerprint density at radius 1 is 1.64 bits per heavy atom. The van der Waals surface area contributed by atoms with Gasteiger partial charge in [-0.2, -0.15) is 0 Å². The summed E-state index contributed by atoms with van der Waals surface area (Å²) in [5.74, 6) is -0.341. The van der Waals surface area contributed by atoms with E-state index in [-0.39, 0.29) is 5.97 Å². The molecule has 1 aromatic rings. The van der Waals surface area contributed by atoms with E-state index in [1.807, 2.05) is 6.07 Å². The molecule has 0 atom stereocenters. The van der Waals surface area contributed by atoms with E-state index in [2.05, 4.69) is 15.9 Å². The van der Waals surface area contributed by atoms with Crippen LogP contribution < -0.4 is 0 Å². The van der Waals surface area contributed by atoms with Crippen LogP contribution >= 0.6 is 37.6 Å². The van der Waals surface area contributed by atoms with Gasteiger partial charge in [-0.1, -0.05) is 0 Å². The van der Waals surface area contributed by atoms with Crippen molar-refractivity contribution in [3.05, 3.63) is 28.2 Å². The minimum absolute atomic E-state index is 0.341. The maximum absolute atomic E-state index is 11.4. The zero-order chi connectivity index (χ0) is 10.6. The third-order valence-electron chi connectivity index (χ3n) is 1.52. The third-order valence-corrected chi connectivity index (χ3v) is 3.18. The van der Waals surface area contributed by atoms with Crippen LogP contribution in [0, 0.1) is 0 Å². The van der Waals surface area contributed by atoms with Crippen molar-refractivity contribution in [2.45, 2.75) is 11.8 Å². The van der Waals surface area contributed by atoms with Gasteiger partial charge in [-0.15, -0.1) is 0 Å². The predicted octanol–water partition coefficient (Wildman–Crippen LogP) is 3.87. The van der Waals surface area contributed by atoms with E-state index in [1.165, 1.54) is 0 Å². The molecule has 1 rings (SSSR count). The summed E-state index contributed by atoms with van der Waals surface area (Å²) in [5.41, 5.74) is 0.498. The van der Waals surface area contributed by atoms with Gasteiger partial charge in [0.2, 0.25) is 0 Å². The highest BCUT2D eigenvalue weighted by Crippen LogP contribution is 2.27. The number of esters is 1. The first kappa shape index (κ1) is 11.9. The molecular weight excluding hydrogens is 288 g/mol. The normalized spacial score (nSPS) is 9.93. The molecule has 0 heterocycles. The molecular formula is C9H8BrClO2S. The molecule has 0 aliphatic heterocycles. The van der Waals surface area contributed by atoms with Crippen molar-refractivity contribution in [1.82, 2.24) is 0 Å². The van der Waals surface area contributed by atoms with Crippen LogP contribution in [0.1, 0.15) is 17.3 Å². The molecule has 0 radical (unpaired) electrons. The van der Waals surface area contributed by atoms with Gasteiger partial charge in [-0.3, -0.25) is 0 Å². The van der Waals surface area contributed by atoms with Crippen LogP contribution in [0.25, 0.3) is 0 Å². The van der Waals surface area contributed by atoms with Crippen molar-refractivity contribution in [3.63, 3.8) is 0 Å². The Labute approximate surface area is 99.6 Å². The first-order valence-corrected chi connectivity index (χ1v) is 6.38. The monoisotopic (exact) mass is 294 g/mol. The molecule has 2 nitrogen and oxygen atoms in total. The lowest BCUT2D eigenvalue weighted by atomic mass is 10.2. The molecule has 0 amide bonds. The van der Waals surface area contributed by atoms with Crippen LogP contribution in [0.4, 0.5) is 0 Å². The summed E-state index contributed by atoms with van der Waals surface area (Å²) in [6.45, 7) is 2.13. The topological polar surface area (TPSA) is 26.3 Å². The molecule has 0 unspecified atom stereocenters. The Hall–Kier alpha value is -0.190. The molecule has 0 saturated heterocycles. The highest BCUT2D eigenvalue weighted by Gasteiger charge is 2.11. The number of benzene rings is 1. The van der Waals surface area contributed by atoms with Gasteiger partial charge in [0.15, 0.2) is 0 Å². The Bertz CT molecular complexity index is 344. The van der Waals surface area contributed by atoms with Crippen molar-refractivity contribution in [2.75, 3.05) is 6.61 Å². The van der Waals surface area contributed by atoms with E-state index in [9.17, 15) is 4.79 Å². The summed E-state index contributed by atoms with van der Waals surface area (Å²) in [6, 6.07) is 5.29. The molecule has 0 spiro atoms. The smallest absolute Gasteiger partial charge is 0.339 e. The number of hydrogen-bond acceptors (Lipinski definition) is 3. The van der Waals surface area contributed by atoms with Gasteiger partial charge >= 0.3 is 5.97 Å². The lowest BCUT2D eigenvalue weighted by Crippen LogP contribution is -2.05. The van der Waals surface area contributed by atoms with Crippen LogP contribution in [0.3, 0.4) is 0 Å². The van der Waals surface area contributed by atoms with Gasteiger partial charge in [0, 0.05) is 9.37 Å². The van der Waals surface area contributed by atoms with E-state index in [1.54, 1.807) is 19.1 Å². The van der Waals surface area contributed by atoms with Crippen LogP contribution in [0.5, 0.6) is 0 Å². The summed E-state index contributed by atoms with van der Waals surface area (Å²) in [7, 11) is 6.65. The van der Waals surface area contributed by atoms with Crippen molar-refractivity contribution < 1.29 is 9.53 Å². The van der Waals surface area contributed by atoms with E-state index in [0.29, 0.717) is 16.6 Å². The lowest BCUT2D eigenvalue weighted by Gasteiger charge is -2.04. The first-order valence-electron chi connectivity index (χ1n) is 3.94. The number of ether oxygens (including phenoxy) is 1. The number of halogens is 2. The molecule has 0 aliphatic carbocycles. The van der Waals surface area contributed by atoms with Gasteiger partial charge in [0.05, 0.1) is 12.2 Å². The fraction of sp³-hybridized carbons (Fsp3) is 0.222. The fourth-order valence-electron chi connectivity index (χ4n) is 0.918. The minimum atomic E-state index is -0.341. The van der Waals surface area contributed by atoms with Crippen molar-refractivity contribution in [1.29, 1.82) is 0 Å². The SMILES string of the molecule is CCOC(=O)c1cc(SCl)ccc1Br. The van der Waals surface area contributed by atoms with Crippen LogP contribution in [-0.4, -0.2) is 12.6 Å². The molecule has 76 valence electrons. The zero-order valence-electron chi connectivity index (χ0n) is 7.42. The fourth-order valence-corrected chi connectivity index (χ4v) is 1.90. The highest BCUT2D eigenvalue weighted by molar-refractivity contribution is 9.10. The van der Waals surface area contributed by atoms with Crippen LogP contribution in [0.2, 0.25) is 0 Å². The Balaban J connectivity index is 2.99.